The normalized spacial score (nSPS) is 15.0. The number of hydrogen-bond donors (Lipinski definition) is 2. The number of nitrogens with one attached hydrogen (secondary N) is 2. The van der Waals surface area contributed by atoms with Crippen LogP contribution in [0, 0.1) is 6.92 Å². The molecule has 0 radical (unpaired) electrons. The summed E-state index contributed by atoms with van der Waals surface area (Å²) in [5.41, 5.74) is 3.41. The Kier molecular flexibility index (Phi) is 6.64. The minimum atomic E-state index is -0.132. The predicted molar refractivity (Wildman–Crippen MR) is 108 cm³/mol. The van der Waals surface area contributed by atoms with E-state index in [1.807, 2.05) is 25.1 Å². The highest BCUT2D eigenvalue weighted by molar-refractivity contribution is 5.97. The van der Waals surface area contributed by atoms with E-state index < -0.39 is 0 Å². The molecule has 3 rings (SSSR count). The molecular weight excluding hydrogens is 336 g/mol. The summed E-state index contributed by atoms with van der Waals surface area (Å²) in [4.78, 5) is 24.8. The molecule has 0 spiro atoms. The minimum Gasteiger partial charge on any atom is -0.349 e. The number of hydrogen-bond acceptors (Lipinski definition) is 2. The molecule has 0 unspecified atom stereocenters. The van der Waals surface area contributed by atoms with Crippen molar-refractivity contribution in [1.82, 2.24) is 10.6 Å². The molecule has 27 heavy (non-hydrogen) atoms. The number of benzene rings is 2. The SMILES string of the molecule is Cc1cccc(CNC(=O)c2ccc(C(=O)NC3CCCCCC3)cc2)c1. The first-order chi connectivity index (χ1) is 13.1. The van der Waals surface area contributed by atoms with E-state index in [2.05, 4.69) is 16.7 Å². The standard InChI is InChI=1S/C23H28N2O2/c1-17-7-6-8-18(15-17)16-24-22(26)19-11-13-20(14-12-19)23(27)25-21-9-4-2-3-5-10-21/h6-8,11-15,21H,2-5,9-10,16H2,1H3,(H,24,26)(H,25,27). The summed E-state index contributed by atoms with van der Waals surface area (Å²) >= 11 is 0. The molecule has 2 aromatic carbocycles. The van der Waals surface area contributed by atoms with Crippen LogP contribution in [0.5, 0.6) is 0 Å². The average Bonchev–Trinajstić information content (AvgIpc) is 2.95. The van der Waals surface area contributed by atoms with E-state index in [-0.39, 0.29) is 17.9 Å². The lowest BCUT2D eigenvalue weighted by Crippen LogP contribution is -2.34. The average molecular weight is 364 g/mol. The molecule has 4 heteroatoms. The second kappa shape index (κ2) is 9.36. The summed E-state index contributed by atoms with van der Waals surface area (Å²) in [6.07, 6.45) is 7.02. The summed E-state index contributed by atoms with van der Waals surface area (Å²) in [7, 11) is 0. The lowest BCUT2D eigenvalue weighted by Gasteiger charge is -2.16. The summed E-state index contributed by atoms with van der Waals surface area (Å²) in [5.74, 6) is -0.180. The van der Waals surface area contributed by atoms with Gasteiger partial charge < -0.3 is 10.6 Å². The first-order valence-corrected chi connectivity index (χ1v) is 9.86. The fourth-order valence-electron chi connectivity index (χ4n) is 3.57. The van der Waals surface area contributed by atoms with Crippen molar-refractivity contribution >= 4 is 11.8 Å². The van der Waals surface area contributed by atoms with E-state index >= 15 is 0 Å². The molecule has 1 fully saturated rings. The minimum absolute atomic E-state index is 0.0476. The molecule has 1 saturated carbocycles. The fourth-order valence-corrected chi connectivity index (χ4v) is 3.57. The van der Waals surface area contributed by atoms with Gasteiger partial charge in [-0.05, 0) is 49.6 Å². The molecule has 142 valence electrons. The Morgan fingerprint density at radius 3 is 2.15 bits per heavy atom. The molecule has 0 aromatic heterocycles. The highest BCUT2D eigenvalue weighted by atomic mass is 16.2. The van der Waals surface area contributed by atoms with Crippen molar-refractivity contribution in [3.63, 3.8) is 0 Å². The van der Waals surface area contributed by atoms with Crippen molar-refractivity contribution in [2.75, 3.05) is 0 Å². The van der Waals surface area contributed by atoms with E-state index in [1.165, 1.54) is 31.2 Å². The summed E-state index contributed by atoms with van der Waals surface area (Å²) in [6.45, 7) is 2.52. The highest BCUT2D eigenvalue weighted by Crippen LogP contribution is 2.17. The van der Waals surface area contributed by atoms with E-state index in [4.69, 9.17) is 0 Å². The third-order valence-corrected chi connectivity index (χ3v) is 5.14. The zero-order valence-electron chi connectivity index (χ0n) is 16.0. The smallest absolute Gasteiger partial charge is 0.251 e. The molecule has 0 heterocycles. The van der Waals surface area contributed by atoms with Crippen LogP contribution < -0.4 is 10.6 Å². The Bertz CT molecular complexity index is 775. The quantitative estimate of drug-likeness (QED) is 0.774. The zero-order chi connectivity index (χ0) is 19.1. The van der Waals surface area contributed by atoms with E-state index in [0.717, 1.165) is 18.4 Å². The molecule has 0 atom stereocenters. The van der Waals surface area contributed by atoms with Gasteiger partial charge in [-0.25, -0.2) is 0 Å². The Hall–Kier alpha value is -2.62. The number of carbonyl (C=O) groups excluding carboxylic acids is 2. The topological polar surface area (TPSA) is 58.2 Å². The first-order valence-electron chi connectivity index (χ1n) is 9.86. The molecule has 0 bridgehead atoms. The van der Waals surface area contributed by atoms with Crippen molar-refractivity contribution < 1.29 is 9.59 Å². The Balaban J connectivity index is 1.54. The van der Waals surface area contributed by atoms with Crippen LogP contribution in [0.2, 0.25) is 0 Å². The van der Waals surface area contributed by atoms with Crippen molar-refractivity contribution in [3.05, 3.63) is 70.8 Å². The molecular formula is C23H28N2O2. The maximum absolute atomic E-state index is 12.4. The van der Waals surface area contributed by atoms with Crippen LogP contribution in [0.15, 0.2) is 48.5 Å². The Labute approximate surface area is 161 Å². The van der Waals surface area contributed by atoms with Gasteiger partial charge in [0.2, 0.25) is 0 Å². The van der Waals surface area contributed by atoms with Crippen LogP contribution in [-0.2, 0) is 6.54 Å². The largest absolute Gasteiger partial charge is 0.349 e. The van der Waals surface area contributed by atoms with Crippen molar-refractivity contribution in [2.24, 2.45) is 0 Å². The molecule has 4 nitrogen and oxygen atoms in total. The van der Waals surface area contributed by atoms with Gasteiger partial charge in [-0.1, -0.05) is 55.5 Å². The second-order valence-corrected chi connectivity index (χ2v) is 7.41. The first kappa shape index (κ1) is 19.2. The molecule has 2 amide bonds. The van der Waals surface area contributed by atoms with Gasteiger partial charge >= 0.3 is 0 Å². The van der Waals surface area contributed by atoms with Gasteiger partial charge in [0.25, 0.3) is 11.8 Å². The maximum Gasteiger partial charge on any atom is 0.251 e. The van der Waals surface area contributed by atoms with Crippen molar-refractivity contribution in [1.29, 1.82) is 0 Å². The van der Waals surface area contributed by atoms with Crippen molar-refractivity contribution in [2.45, 2.75) is 58.0 Å². The van der Waals surface area contributed by atoms with Gasteiger partial charge in [0.1, 0.15) is 0 Å². The maximum atomic E-state index is 12.4. The molecule has 0 aliphatic heterocycles. The van der Waals surface area contributed by atoms with E-state index in [0.29, 0.717) is 17.7 Å². The number of carbonyl (C=O) groups is 2. The van der Waals surface area contributed by atoms with E-state index in [1.54, 1.807) is 24.3 Å². The second-order valence-electron chi connectivity index (χ2n) is 7.41. The van der Waals surface area contributed by atoms with Crippen LogP contribution in [0.1, 0.15) is 70.4 Å². The summed E-state index contributed by atoms with van der Waals surface area (Å²) in [5, 5.41) is 6.06. The van der Waals surface area contributed by atoms with Crippen LogP contribution in [0.4, 0.5) is 0 Å². The van der Waals surface area contributed by atoms with Gasteiger partial charge in [0.05, 0.1) is 0 Å². The number of amides is 2. The van der Waals surface area contributed by atoms with Gasteiger partial charge in [-0.3, -0.25) is 9.59 Å². The van der Waals surface area contributed by atoms with Crippen LogP contribution in [-0.4, -0.2) is 17.9 Å². The number of aryl methyl sites for hydroxylation is 1. The van der Waals surface area contributed by atoms with Crippen LogP contribution in [0.3, 0.4) is 0 Å². The monoisotopic (exact) mass is 364 g/mol. The van der Waals surface area contributed by atoms with E-state index in [9.17, 15) is 9.59 Å². The fraction of sp³-hybridized carbons (Fsp3) is 0.391. The molecule has 2 N–H and O–H groups in total. The van der Waals surface area contributed by atoms with Crippen molar-refractivity contribution in [3.8, 4) is 0 Å². The lowest BCUT2D eigenvalue weighted by atomic mass is 10.1. The van der Waals surface area contributed by atoms with Gasteiger partial charge in [0.15, 0.2) is 0 Å². The highest BCUT2D eigenvalue weighted by Gasteiger charge is 2.16. The number of rotatable bonds is 5. The van der Waals surface area contributed by atoms with Gasteiger partial charge in [-0.2, -0.15) is 0 Å². The Morgan fingerprint density at radius 2 is 1.52 bits per heavy atom. The lowest BCUT2D eigenvalue weighted by molar-refractivity contribution is 0.0927. The van der Waals surface area contributed by atoms with Crippen LogP contribution >= 0.6 is 0 Å². The van der Waals surface area contributed by atoms with Crippen LogP contribution in [0.25, 0.3) is 0 Å². The van der Waals surface area contributed by atoms with Gasteiger partial charge in [0, 0.05) is 23.7 Å². The molecule has 1 aliphatic carbocycles. The zero-order valence-corrected chi connectivity index (χ0v) is 16.0. The molecule has 0 saturated heterocycles. The summed E-state index contributed by atoms with van der Waals surface area (Å²) < 4.78 is 0. The summed E-state index contributed by atoms with van der Waals surface area (Å²) in [6, 6.07) is 15.2. The third kappa shape index (κ3) is 5.68. The Morgan fingerprint density at radius 1 is 0.889 bits per heavy atom. The predicted octanol–water partition coefficient (Wildman–Crippen LogP) is 4.38. The molecule has 1 aliphatic rings. The van der Waals surface area contributed by atoms with Gasteiger partial charge in [-0.15, -0.1) is 0 Å². The molecule has 2 aromatic rings. The third-order valence-electron chi connectivity index (χ3n) is 5.14.